The molecule has 10 heteroatoms. The molecule has 0 saturated carbocycles. The molecule has 2 aromatic rings. The minimum Gasteiger partial charge on any atom is -0.394 e. The maximum atomic E-state index is 11.5. The van der Waals surface area contributed by atoms with Gasteiger partial charge in [-0.05, 0) is 6.07 Å². The van der Waals surface area contributed by atoms with Gasteiger partial charge in [0.2, 0.25) is 5.95 Å². The Morgan fingerprint density at radius 1 is 1.52 bits per heavy atom. The molecule has 3 rings (SSSR count). The average Bonchev–Trinajstić information content (AvgIpc) is 3.00. The fourth-order valence-corrected chi connectivity index (χ4v) is 3.02. The second-order valence-corrected chi connectivity index (χ2v) is 5.74. The van der Waals surface area contributed by atoms with Crippen molar-refractivity contribution < 1.29 is 19.2 Å². The van der Waals surface area contributed by atoms with Crippen molar-refractivity contribution in [1.82, 2.24) is 14.5 Å². The Balaban J connectivity index is 2.07. The van der Waals surface area contributed by atoms with E-state index in [1.54, 1.807) is 16.8 Å². The van der Waals surface area contributed by atoms with Crippen LogP contribution < -0.4 is 10.9 Å². The lowest BCUT2D eigenvalue weighted by molar-refractivity contribution is -0.0430. The number of aromatic nitrogens is 3. The predicted octanol–water partition coefficient (Wildman–Crippen LogP) is -1.36. The summed E-state index contributed by atoms with van der Waals surface area (Å²) in [6.45, 7) is -0.272. The van der Waals surface area contributed by atoms with E-state index in [-0.39, 0.29) is 17.6 Å². The molecule has 21 heavy (non-hydrogen) atoms. The highest BCUT2D eigenvalue weighted by Crippen LogP contribution is 2.32. The number of fused-ring (bicyclic) bond motifs is 1. The van der Waals surface area contributed by atoms with Gasteiger partial charge >= 0.3 is 0 Å². The van der Waals surface area contributed by atoms with Gasteiger partial charge in [-0.15, -0.1) is 0 Å². The van der Waals surface area contributed by atoms with Crippen molar-refractivity contribution in [1.29, 1.82) is 0 Å². The van der Waals surface area contributed by atoms with Crippen LogP contribution in [0.25, 0.3) is 11.0 Å². The highest BCUT2D eigenvalue weighted by Gasteiger charge is 2.35. The third-order valence-corrected chi connectivity index (χ3v) is 4.13. The van der Waals surface area contributed by atoms with Gasteiger partial charge in [0.15, 0.2) is 5.03 Å². The van der Waals surface area contributed by atoms with Crippen molar-refractivity contribution in [3.05, 3.63) is 12.3 Å². The number of hydrogen-bond donors (Lipinski definition) is 4. The first-order valence-electron chi connectivity index (χ1n) is 6.26. The van der Waals surface area contributed by atoms with Gasteiger partial charge in [0, 0.05) is 12.6 Å². The average molecular weight is 313 g/mol. The van der Waals surface area contributed by atoms with Crippen molar-refractivity contribution >= 4 is 28.0 Å². The fourth-order valence-electron chi connectivity index (χ4n) is 2.46. The second-order valence-electron chi connectivity index (χ2n) is 4.76. The minimum absolute atomic E-state index is 0.0477. The van der Waals surface area contributed by atoms with E-state index in [0.29, 0.717) is 17.5 Å². The lowest BCUT2D eigenvalue weighted by atomic mass is 10.2. The normalized spacial score (nSPS) is 27.3. The zero-order valence-corrected chi connectivity index (χ0v) is 11.7. The Labute approximate surface area is 122 Å². The Morgan fingerprint density at radius 3 is 2.90 bits per heavy atom. The Bertz CT molecular complexity index is 705. The van der Waals surface area contributed by atoms with Crippen LogP contribution >= 0.6 is 0 Å². The topological polar surface area (TPSA) is 150 Å². The zero-order chi connectivity index (χ0) is 15.1. The number of hydrogen-bond acceptors (Lipinski definition) is 7. The molecule has 1 aliphatic rings. The van der Waals surface area contributed by atoms with E-state index in [0.717, 1.165) is 0 Å². The summed E-state index contributed by atoms with van der Waals surface area (Å²) in [7, 11) is -1.79. The quantitative estimate of drug-likeness (QED) is 0.511. The van der Waals surface area contributed by atoms with E-state index < -0.39 is 29.4 Å². The Kier molecular flexibility index (Phi) is 3.63. The molecule has 0 aliphatic carbocycles. The summed E-state index contributed by atoms with van der Waals surface area (Å²) in [5.74, 6) is -0.0477. The summed E-state index contributed by atoms with van der Waals surface area (Å²) in [6, 6.07) is 1.66. The summed E-state index contributed by atoms with van der Waals surface area (Å²) >= 11 is 0. The minimum atomic E-state index is -1.79. The summed E-state index contributed by atoms with van der Waals surface area (Å²) < 4.78 is 18.7. The summed E-state index contributed by atoms with van der Waals surface area (Å²) in [5, 5.41) is 25.0. The van der Waals surface area contributed by atoms with E-state index in [1.165, 1.54) is 0 Å². The SMILES string of the molecule is Nc1nc(S(N)=O)c2ccn([C@H]3C[C@H](O)[C@@H](CO)O3)c2n1. The maximum Gasteiger partial charge on any atom is 0.223 e. The smallest absolute Gasteiger partial charge is 0.223 e. The lowest BCUT2D eigenvalue weighted by Crippen LogP contribution is -2.24. The van der Waals surface area contributed by atoms with Crippen molar-refractivity contribution in [2.24, 2.45) is 5.14 Å². The van der Waals surface area contributed by atoms with Crippen LogP contribution in [0.15, 0.2) is 17.3 Å². The van der Waals surface area contributed by atoms with Crippen LogP contribution in [0.2, 0.25) is 0 Å². The van der Waals surface area contributed by atoms with Crippen LogP contribution in [0.1, 0.15) is 12.6 Å². The second kappa shape index (κ2) is 5.31. The largest absolute Gasteiger partial charge is 0.394 e. The molecular weight excluding hydrogens is 298 g/mol. The lowest BCUT2D eigenvalue weighted by Gasteiger charge is -2.14. The van der Waals surface area contributed by atoms with Gasteiger partial charge < -0.3 is 25.3 Å². The summed E-state index contributed by atoms with van der Waals surface area (Å²) in [4.78, 5) is 8.00. The first kappa shape index (κ1) is 14.4. The number of nitrogens with zero attached hydrogens (tertiary/aromatic N) is 3. The van der Waals surface area contributed by atoms with E-state index in [4.69, 9.17) is 20.7 Å². The van der Waals surface area contributed by atoms with Gasteiger partial charge in [-0.1, -0.05) is 0 Å². The number of ether oxygens (including phenoxy) is 1. The maximum absolute atomic E-state index is 11.5. The van der Waals surface area contributed by atoms with Gasteiger partial charge in [0.1, 0.15) is 29.0 Å². The van der Waals surface area contributed by atoms with Crippen LogP contribution in [-0.2, 0) is 15.7 Å². The molecule has 0 amide bonds. The third kappa shape index (κ3) is 2.40. The van der Waals surface area contributed by atoms with Gasteiger partial charge in [-0.2, -0.15) is 4.98 Å². The molecule has 4 atom stereocenters. The van der Waals surface area contributed by atoms with E-state index >= 15 is 0 Å². The van der Waals surface area contributed by atoms with Crippen molar-refractivity contribution in [2.45, 2.75) is 29.9 Å². The highest BCUT2D eigenvalue weighted by atomic mass is 32.2. The third-order valence-electron chi connectivity index (χ3n) is 3.44. The molecule has 0 aromatic carbocycles. The monoisotopic (exact) mass is 313 g/mol. The Hall–Kier alpha value is -1.59. The number of aliphatic hydroxyl groups excluding tert-OH is 2. The molecule has 1 aliphatic heterocycles. The molecule has 1 saturated heterocycles. The Morgan fingerprint density at radius 2 is 2.29 bits per heavy atom. The first-order valence-corrected chi connectivity index (χ1v) is 7.47. The van der Waals surface area contributed by atoms with Crippen LogP contribution in [0, 0.1) is 0 Å². The zero-order valence-electron chi connectivity index (χ0n) is 10.9. The van der Waals surface area contributed by atoms with E-state index in [1.807, 2.05) is 0 Å². The summed E-state index contributed by atoms with van der Waals surface area (Å²) in [6.07, 6.45) is 0.0733. The van der Waals surface area contributed by atoms with Crippen LogP contribution in [0.3, 0.4) is 0 Å². The number of nitrogen functional groups attached to an aromatic ring is 1. The number of aliphatic hydroxyl groups is 2. The number of anilines is 1. The van der Waals surface area contributed by atoms with Gasteiger partial charge in [0.05, 0.1) is 18.1 Å². The molecule has 0 bridgehead atoms. The molecule has 1 fully saturated rings. The van der Waals surface area contributed by atoms with Crippen LogP contribution in [0.5, 0.6) is 0 Å². The molecule has 3 heterocycles. The van der Waals surface area contributed by atoms with Crippen molar-refractivity contribution in [2.75, 3.05) is 12.3 Å². The first-order chi connectivity index (χ1) is 10.0. The van der Waals surface area contributed by atoms with E-state index in [9.17, 15) is 9.32 Å². The van der Waals surface area contributed by atoms with Crippen molar-refractivity contribution in [3.8, 4) is 0 Å². The number of nitrogens with two attached hydrogens (primary N) is 2. The van der Waals surface area contributed by atoms with E-state index in [2.05, 4.69) is 9.97 Å². The van der Waals surface area contributed by atoms with Crippen LogP contribution in [0.4, 0.5) is 5.95 Å². The van der Waals surface area contributed by atoms with Gasteiger partial charge in [-0.3, -0.25) is 0 Å². The van der Waals surface area contributed by atoms with Gasteiger partial charge in [0.25, 0.3) is 0 Å². The predicted molar refractivity (Wildman–Crippen MR) is 74.2 cm³/mol. The molecule has 114 valence electrons. The van der Waals surface area contributed by atoms with Gasteiger partial charge in [-0.25, -0.2) is 14.3 Å². The molecular formula is C11H15N5O4S. The fraction of sp³-hybridized carbons (Fsp3) is 0.455. The molecule has 0 radical (unpaired) electrons. The molecule has 2 aromatic heterocycles. The standard InChI is InChI=1S/C11H15N5O4S/c12-11-14-9-5(10(15-11)21(13)19)1-2-16(9)8-3-6(18)7(4-17)20-8/h1-2,6-8,17-18H,3-4,13H2,(H2,12,14,15)/t6-,7+,8+,21?/m0/s1. The van der Waals surface area contributed by atoms with Crippen LogP contribution in [-0.4, -0.2) is 47.8 Å². The highest BCUT2D eigenvalue weighted by molar-refractivity contribution is 7.82. The van der Waals surface area contributed by atoms with Crippen molar-refractivity contribution in [3.63, 3.8) is 0 Å². The molecule has 1 unspecified atom stereocenters. The number of rotatable bonds is 3. The summed E-state index contributed by atoms with van der Waals surface area (Å²) in [5.41, 5.74) is 6.04. The molecule has 0 spiro atoms. The molecule has 9 nitrogen and oxygen atoms in total. The molecule has 6 N–H and O–H groups in total.